The van der Waals surface area contributed by atoms with Crippen LogP contribution in [-0.4, -0.2) is 64.5 Å². The van der Waals surface area contributed by atoms with E-state index in [2.05, 4.69) is 103 Å². The summed E-state index contributed by atoms with van der Waals surface area (Å²) in [6, 6.07) is 17.5. The van der Waals surface area contributed by atoms with Gasteiger partial charge in [0.25, 0.3) is 11.4 Å². The minimum Gasteiger partial charge on any atom is -0.507 e. The van der Waals surface area contributed by atoms with E-state index < -0.39 is 0 Å². The molecule has 0 unspecified atom stereocenters. The largest absolute Gasteiger partial charge is 0.507 e. The Morgan fingerprint density at radius 1 is 0.708 bits per heavy atom. The summed E-state index contributed by atoms with van der Waals surface area (Å²) >= 11 is 21.8. The number of ether oxygens (including phenoxy) is 1. The predicted octanol–water partition coefficient (Wildman–Crippen LogP) is 10.4. The zero-order chi connectivity index (χ0) is 45.4. The van der Waals surface area contributed by atoms with Gasteiger partial charge in [0.2, 0.25) is 0 Å². The molecule has 6 heterocycles. The molecule has 8 rings (SSSR count). The van der Waals surface area contributed by atoms with Crippen molar-refractivity contribution >= 4 is 147 Å². The summed E-state index contributed by atoms with van der Waals surface area (Å²) in [5.74, 6) is 1.62. The molecule has 7 N–H and O–H groups in total. The molecule has 2 atom stereocenters. The molecule has 0 aliphatic rings. The van der Waals surface area contributed by atoms with E-state index in [0.29, 0.717) is 55.9 Å². The van der Waals surface area contributed by atoms with Crippen LogP contribution in [-0.2, 0) is 0 Å². The smallest absolute Gasteiger partial charge is 0.369 e. The highest BCUT2D eigenvalue weighted by Crippen LogP contribution is 2.38. The van der Waals surface area contributed by atoms with Crippen LogP contribution in [0.3, 0.4) is 0 Å². The number of benzene rings is 2. The lowest BCUT2D eigenvalue weighted by Gasteiger charge is -2.20. The highest BCUT2D eigenvalue weighted by molar-refractivity contribution is 9.69. The Morgan fingerprint density at radius 2 is 1.12 bits per heavy atom. The number of methoxy groups -OCH3 is 1. The van der Waals surface area contributed by atoms with Crippen LogP contribution in [0.25, 0.3) is 43.5 Å². The van der Waals surface area contributed by atoms with Crippen molar-refractivity contribution in [1.29, 1.82) is 0 Å². The lowest BCUT2D eigenvalue weighted by atomic mass is 10.0. The molecule has 0 aliphatic heterocycles. The molecular formula is C39H36BBr3Cl2N16O2S2. The highest BCUT2D eigenvalue weighted by atomic mass is 79.9. The average molecular weight is 1150 g/mol. The van der Waals surface area contributed by atoms with Crippen LogP contribution in [0.4, 0.5) is 34.6 Å². The number of halogens is 5. The first-order chi connectivity index (χ1) is 30.3. The molecule has 0 bridgehead atoms. The number of fused-ring (bicyclic) bond motifs is 2. The minimum absolute atomic E-state index is 0. The van der Waals surface area contributed by atoms with Crippen molar-refractivity contribution in [1.82, 2.24) is 49.1 Å². The molecule has 0 fully saturated rings. The number of nitrogens with zero attached hydrogens (tertiary/aromatic N) is 12. The molecule has 0 radical (unpaired) electrons. The molecule has 6 aromatic heterocycles. The van der Waals surface area contributed by atoms with Crippen LogP contribution in [0.2, 0.25) is 10.3 Å². The third-order valence-corrected chi connectivity index (χ3v) is 9.56. The second-order valence-corrected chi connectivity index (χ2v) is 20.1. The van der Waals surface area contributed by atoms with Crippen LogP contribution in [0.1, 0.15) is 37.1 Å². The van der Waals surface area contributed by atoms with Gasteiger partial charge in [-0.15, -0.1) is 47.3 Å². The number of aromatic hydroxyl groups is 1. The summed E-state index contributed by atoms with van der Waals surface area (Å²) in [6.07, 6.45) is 5.65. The zero-order valence-corrected chi connectivity index (χ0v) is 42.4. The van der Waals surface area contributed by atoms with Crippen LogP contribution in [0, 0.1) is 13.1 Å². The Labute approximate surface area is 421 Å². The van der Waals surface area contributed by atoms with Gasteiger partial charge in [-0.05, 0) is 50.2 Å². The maximum atomic E-state index is 10.4. The first kappa shape index (κ1) is 52.0. The SMILES string of the molecule is BrB(Br)Br.S.S.[C-]#[N+]c1c(N)ncnc1N[C@@H](C)c1cc2ncc(Cl)n2nc1-c1ccccc1O.[C-]#[N+]c1c(N)ncnc1N[C@@H](C)c1cc2ncc(Cl)n2nc1-c1ccccc1OC. The normalized spacial score (nSPS) is 11.2. The third-order valence-electron chi connectivity index (χ3n) is 9.05. The quantitative estimate of drug-likeness (QED) is 0.0670. The predicted molar refractivity (Wildman–Crippen MR) is 278 cm³/mol. The average Bonchev–Trinajstić information content (AvgIpc) is 3.83. The number of phenolic OH excluding ortho intramolecular Hbond substituents is 1. The number of nitrogens with two attached hydrogens (primary N) is 2. The van der Waals surface area contributed by atoms with Gasteiger partial charge in [-0.2, -0.15) is 37.2 Å². The van der Waals surface area contributed by atoms with E-state index in [4.69, 9.17) is 57.6 Å². The van der Waals surface area contributed by atoms with Gasteiger partial charge >= 0.3 is 3.18 Å². The summed E-state index contributed by atoms with van der Waals surface area (Å²) in [7, 11) is 1.61. The van der Waals surface area contributed by atoms with Crippen molar-refractivity contribution in [3.05, 3.63) is 130 Å². The van der Waals surface area contributed by atoms with E-state index >= 15 is 0 Å². The van der Waals surface area contributed by atoms with Crippen molar-refractivity contribution in [2.45, 2.75) is 25.9 Å². The van der Waals surface area contributed by atoms with Crippen LogP contribution < -0.4 is 26.8 Å². The van der Waals surface area contributed by atoms with Gasteiger partial charge in [0.1, 0.15) is 58.8 Å². The molecule has 2 aromatic carbocycles. The number of para-hydroxylation sites is 2. The molecule has 65 heavy (non-hydrogen) atoms. The number of rotatable bonds is 9. The molecule has 0 saturated carbocycles. The first-order valence-electron chi connectivity index (χ1n) is 18.2. The molecule has 334 valence electrons. The number of imidazole rings is 2. The third kappa shape index (κ3) is 12.0. The first-order valence-corrected chi connectivity index (χ1v) is 21.7. The highest BCUT2D eigenvalue weighted by Gasteiger charge is 2.23. The Hall–Kier alpha value is -5.60. The molecule has 0 saturated heterocycles. The monoisotopic (exact) mass is 1140 g/mol. The fourth-order valence-electron chi connectivity index (χ4n) is 6.18. The number of phenols is 1. The van der Waals surface area contributed by atoms with Gasteiger partial charge in [-0.1, -0.05) is 47.5 Å². The minimum atomic E-state index is -0.354. The van der Waals surface area contributed by atoms with Gasteiger partial charge in [0.05, 0.1) is 44.7 Å². The van der Waals surface area contributed by atoms with Gasteiger partial charge < -0.3 is 31.9 Å². The molecule has 8 aromatic rings. The molecule has 0 amide bonds. The van der Waals surface area contributed by atoms with Crippen molar-refractivity contribution in [3.8, 4) is 34.0 Å². The van der Waals surface area contributed by atoms with E-state index in [1.165, 1.54) is 23.4 Å². The molecular weight excluding hydrogens is 1110 g/mol. The topological polar surface area (TPSA) is 226 Å². The Bertz CT molecular complexity index is 3030. The molecule has 0 spiro atoms. The van der Waals surface area contributed by atoms with Crippen molar-refractivity contribution in [2.24, 2.45) is 0 Å². The fraction of sp³-hybridized carbons (Fsp3) is 0.128. The summed E-state index contributed by atoms with van der Waals surface area (Å²) in [5, 5.41) is 26.9. The van der Waals surface area contributed by atoms with E-state index in [1.807, 2.05) is 50.2 Å². The second-order valence-electron chi connectivity index (χ2n) is 12.9. The van der Waals surface area contributed by atoms with Gasteiger partial charge in [0, 0.05) is 22.3 Å². The number of hydrogen-bond donors (Lipinski definition) is 5. The Kier molecular flexibility index (Phi) is 18.9. The second kappa shape index (κ2) is 23.5. The van der Waals surface area contributed by atoms with Gasteiger partial charge in [0.15, 0.2) is 21.6 Å². The lowest BCUT2D eigenvalue weighted by Crippen LogP contribution is -2.12. The van der Waals surface area contributed by atoms with E-state index in [-0.39, 0.29) is 71.0 Å². The van der Waals surface area contributed by atoms with Crippen LogP contribution in [0.15, 0.2) is 85.7 Å². The zero-order valence-electron chi connectivity index (χ0n) is 34.1. The van der Waals surface area contributed by atoms with Gasteiger partial charge in [-0.3, -0.25) is 0 Å². The lowest BCUT2D eigenvalue weighted by molar-refractivity contribution is 0.416. The number of nitrogens with one attached hydrogen (secondary N) is 2. The van der Waals surface area contributed by atoms with Crippen molar-refractivity contribution < 1.29 is 9.84 Å². The Morgan fingerprint density at radius 3 is 1.55 bits per heavy atom. The van der Waals surface area contributed by atoms with Crippen molar-refractivity contribution in [2.75, 3.05) is 29.2 Å². The van der Waals surface area contributed by atoms with Crippen LogP contribution in [0.5, 0.6) is 11.5 Å². The number of nitrogen functional groups attached to an aromatic ring is 2. The summed E-state index contributed by atoms with van der Waals surface area (Å²) in [5.41, 5.74) is 17.1. The van der Waals surface area contributed by atoms with Gasteiger partial charge in [-0.25, -0.2) is 48.6 Å². The molecule has 26 heteroatoms. The number of hydrogen-bond acceptors (Lipinski definition) is 14. The number of aromatic nitrogens is 10. The standard InChI is InChI=1S/C20H17ClN8O.C19H15ClN8O.BBr3.2H2S/c1-11(27-20-18(23-2)19(22)25-10-26-20)13-8-16-24-9-15(21)29(16)28-17(13)12-6-4-5-7-14(12)30-3;1-10(26-19-17(22-2)18(21)24-9-25-19)12-7-15-23-8-14(20)28(15)27-16(12)11-5-3-4-6-13(11)29;2-1(3)4;;/h4-11H,1,3H3,(H3,22,25,26,27);3-10,29H,1H3,(H3,21,24,25,26);;2*1H2/t11-;10-;;;/m00.../s1. The van der Waals surface area contributed by atoms with E-state index in [9.17, 15) is 5.11 Å². The van der Waals surface area contributed by atoms with E-state index in [0.717, 1.165) is 16.7 Å². The number of anilines is 4. The summed E-state index contributed by atoms with van der Waals surface area (Å²) in [4.78, 5) is 31.5. The maximum absolute atomic E-state index is 10.4. The summed E-state index contributed by atoms with van der Waals surface area (Å²) in [6.45, 7) is 18.5. The maximum Gasteiger partial charge on any atom is 0.369 e. The molecule has 18 nitrogen and oxygen atoms in total. The fourth-order valence-corrected chi connectivity index (χ4v) is 6.52. The van der Waals surface area contributed by atoms with Crippen LogP contribution >= 0.6 is 97.5 Å². The Balaban J connectivity index is 0.000000256. The van der Waals surface area contributed by atoms with E-state index in [1.54, 1.807) is 42.1 Å². The molecule has 0 aliphatic carbocycles. The summed E-state index contributed by atoms with van der Waals surface area (Å²) < 4.78 is 8.86. The van der Waals surface area contributed by atoms with Crippen molar-refractivity contribution in [3.63, 3.8) is 0 Å².